The molecule has 0 amide bonds. The standard InChI is InChI=1S/C9H15NO2/c1-4-9(3)6-7-12-10(11,5-2)8-9/h5-7H,2,4,8H2,1,3H3. The van der Waals surface area contributed by atoms with Crippen LogP contribution >= 0.6 is 0 Å². The first kappa shape index (κ1) is 9.29. The molecule has 0 aromatic rings. The fraction of sp³-hybridized carbons (Fsp3) is 0.556. The average Bonchev–Trinajstić information content (AvgIpc) is 2.05. The zero-order valence-corrected chi connectivity index (χ0v) is 7.62. The molecular formula is C9H15NO2. The topological polar surface area (TPSA) is 32.3 Å². The molecule has 1 aliphatic rings. The largest absolute Gasteiger partial charge is 0.584 e. The van der Waals surface area contributed by atoms with Gasteiger partial charge >= 0.3 is 0 Å². The van der Waals surface area contributed by atoms with Crippen molar-refractivity contribution in [2.45, 2.75) is 20.3 Å². The van der Waals surface area contributed by atoms with Crippen LogP contribution in [0.15, 0.2) is 25.1 Å². The van der Waals surface area contributed by atoms with E-state index in [1.165, 1.54) is 12.5 Å². The number of quaternary nitrogens is 1. The lowest BCUT2D eigenvalue weighted by Gasteiger charge is -2.42. The molecule has 0 N–H and O–H groups in total. The van der Waals surface area contributed by atoms with E-state index in [0.29, 0.717) is 6.54 Å². The fourth-order valence-electron chi connectivity index (χ4n) is 1.23. The molecule has 0 aromatic heterocycles. The highest BCUT2D eigenvalue weighted by Gasteiger charge is 2.33. The lowest BCUT2D eigenvalue weighted by atomic mass is 9.87. The summed E-state index contributed by atoms with van der Waals surface area (Å²) in [6.45, 7) is 7.96. The lowest BCUT2D eigenvalue weighted by molar-refractivity contribution is -1.02. The Morgan fingerprint density at radius 2 is 2.50 bits per heavy atom. The van der Waals surface area contributed by atoms with E-state index in [2.05, 4.69) is 13.5 Å². The molecule has 3 heteroatoms. The minimum Gasteiger partial charge on any atom is -0.584 e. The highest BCUT2D eigenvalue weighted by Crippen LogP contribution is 2.31. The van der Waals surface area contributed by atoms with Gasteiger partial charge in [-0.2, -0.15) is 0 Å². The summed E-state index contributed by atoms with van der Waals surface area (Å²) < 4.78 is 0. The van der Waals surface area contributed by atoms with E-state index < -0.39 is 4.81 Å². The maximum atomic E-state index is 11.6. The van der Waals surface area contributed by atoms with Gasteiger partial charge in [0.1, 0.15) is 12.7 Å². The Kier molecular flexibility index (Phi) is 2.26. The van der Waals surface area contributed by atoms with Crippen molar-refractivity contribution >= 4 is 0 Å². The number of hydrogen-bond donors (Lipinski definition) is 0. The molecule has 0 spiro atoms. The molecule has 0 fully saturated rings. The molecule has 0 bridgehead atoms. The van der Waals surface area contributed by atoms with Crippen LogP contribution in [0.2, 0.25) is 0 Å². The first-order chi connectivity index (χ1) is 5.54. The van der Waals surface area contributed by atoms with Crippen molar-refractivity contribution in [3.8, 4) is 0 Å². The van der Waals surface area contributed by atoms with E-state index in [-0.39, 0.29) is 5.41 Å². The first-order valence-corrected chi connectivity index (χ1v) is 4.12. The van der Waals surface area contributed by atoms with Gasteiger partial charge in [0.2, 0.25) is 0 Å². The molecule has 0 aliphatic carbocycles. The summed E-state index contributed by atoms with van der Waals surface area (Å²) in [4.78, 5) is 4.12. The summed E-state index contributed by atoms with van der Waals surface area (Å²) in [5.74, 6) is 0. The SMILES string of the molecule is C=C[N+]1([O-])CC(C)(CC)C=CO1. The van der Waals surface area contributed by atoms with Crippen LogP contribution in [0.4, 0.5) is 0 Å². The minimum atomic E-state index is -0.777. The van der Waals surface area contributed by atoms with Gasteiger partial charge in [0.05, 0.1) is 0 Å². The van der Waals surface area contributed by atoms with Gasteiger partial charge in [0.15, 0.2) is 6.26 Å². The Morgan fingerprint density at radius 1 is 1.83 bits per heavy atom. The normalized spacial score (nSPS) is 40.6. The van der Waals surface area contributed by atoms with Gasteiger partial charge in [-0.25, -0.2) is 0 Å². The smallest absolute Gasteiger partial charge is 0.152 e. The maximum Gasteiger partial charge on any atom is 0.152 e. The lowest BCUT2D eigenvalue weighted by Crippen LogP contribution is -2.45. The molecule has 68 valence electrons. The van der Waals surface area contributed by atoms with E-state index >= 15 is 0 Å². The molecule has 0 radical (unpaired) electrons. The fourth-order valence-corrected chi connectivity index (χ4v) is 1.23. The molecular weight excluding hydrogens is 154 g/mol. The van der Waals surface area contributed by atoms with Gasteiger partial charge in [-0.3, -0.25) is 0 Å². The predicted molar refractivity (Wildman–Crippen MR) is 47.3 cm³/mol. The van der Waals surface area contributed by atoms with Crippen molar-refractivity contribution in [3.63, 3.8) is 0 Å². The maximum absolute atomic E-state index is 11.6. The van der Waals surface area contributed by atoms with Gasteiger partial charge in [-0.1, -0.05) is 13.8 Å². The Labute approximate surface area is 73.1 Å². The van der Waals surface area contributed by atoms with Crippen LogP contribution in [0.25, 0.3) is 0 Å². The van der Waals surface area contributed by atoms with Crippen molar-refractivity contribution in [1.82, 2.24) is 0 Å². The van der Waals surface area contributed by atoms with Crippen LogP contribution in [0.5, 0.6) is 0 Å². The molecule has 1 heterocycles. The number of nitrogens with zero attached hydrogens (tertiary/aromatic N) is 1. The summed E-state index contributed by atoms with van der Waals surface area (Å²) in [5.41, 5.74) is -0.0613. The Bertz CT molecular complexity index is 215. The van der Waals surface area contributed by atoms with E-state index in [1.54, 1.807) is 0 Å². The van der Waals surface area contributed by atoms with Gasteiger partial charge in [0, 0.05) is 5.41 Å². The molecule has 0 saturated carbocycles. The second-order valence-corrected chi connectivity index (χ2v) is 3.48. The Morgan fingerprint density at radius 3 is 3.00 bits per heavy atom. The third-order valence-corrected chi connectivity index (χ3v) is 2.38. The highest BCUT2D eigenvalue weighted by molar-refractivity contribution is 4.95. The molecule has 1 rings (SSSR count). The van der Waals surface area contributed by atoms with Crippen LogP contribution in [-0.2, 0) is 4.84 Å². The summed E-state index contributed by atoms with van der Waals surface area (Å²) in [6.07, 6.45) is 5.62. The van der Waals surface area contributed by atoms with Gasteiger partial charge in [0.25, 0.3) is 0 Å². The van der Waals surface area contributed by atoms with Crippen molar-refractivity contribution in [2.24, 2.45) is 5.41 Å². The zero-order valence-electron chi connectivity index (χ0n) is 7.62. The van der Waals surface area contributed by atoms with Crippen molar-refractivity contribution in [3.05, 3.63) is 30.3 Å². The van der Waals surface area contributed by atoms with Crippen LogP contribution in [0, 0.1) is 10.6 Å². The zero-order chi connectivity index (χ0) is 9.24. The summed E-state index contributed by atoms with van der Waals surface area (Å²) in [5, 5.41) is 11.6. The second kappa shape index (κ2) is 2.92. The quantitative estimate of drug-likeness (QED) is 0.469. The first-order valence-electron chi connectivity index (χ1n) is 4.12. The van der Waals surface area contributed by atoms with E-state index in [9.17, 15) is 5.21 Å². The molecule has 3 nitrogen and oxygen atoms in total. The Hall–Kier alpha value is -0.800. The van der Waals surface area contributed by atoms with E-state index in [4.69, 9.17) is 4.84 Å². The second-order valence-electron chi connectivity index (χ2n) is 3.48. The molecule has 2 atom stereocenters. The average molecular weight is 169 g/mol. The number of rotatable bonds is 2. The predicted octanol–water partition coefficient (Wildman–Crippen LogP) is 2.32. The number of hydrogen-bond acceptors (Lipinski definition) is 2. The van der Waals surface area contributed by atoms with Crippen molar-refractivity contribution in [1.29, 1.82) is 0 Å². The summed E-state index contributed by atoms with van der Waals surface area (Å²) in [7, 11) is 0. The monoisotopic (exact) mass is 169 g/mol. The Balaban J connectivity index is 2.81. The molecule has 1 aliphatic heterocycles. The third kappa shape index (κ3) is 1.68. The third-order valence-electron chi connectivity index (χ3n) is 2.38. The molecule has 2 unspecified atom stereocenters. The highest BCUT2D eigenvalue weighted by atomic mass is 16.9. The van der Waals surface area contributed by atoms with E-state index in [1.807, 2.05) is 13.0 Å². The van der Waals surface area contributed by atoms with Crippen LogP contribution in [0.1, 0.15) is 20.3 Å². The van der Waals surface area contributed by atoms with Crippen molar-refractivity contribution < 1.29 is 9.65 Å². The van der Waals surface area contributed by atoms with Crippen LogP contribution in [0.3, 0.4) is 0 Å². The van der Waals surface area contributed by atoms with Crippen molar-refractivity contribution in [2.75, 3.05) is 6.54 Å². The number of hydroxylamine groups is 4. The van der Waals surface area contributed by atoms with E-state index in [0.717, 1.165) is 6.42 Å². The van der Waals surface area contributed by atoms with Gasteiger partial charge < -0.3 is 10.0 Å². The molecule has 0 aromatic carbocycles. The molecule has 12 heavy (non-hydrogen) atoms. The summed E-state index contributed by atoms with van der Waals surface area (Å²) >= 11 is 0. The minimum absolute atomic E-state index is 0.0613. The van der Waals surface area contributed by atoms with Gasteiger partial charge in [-0.15, -0.1) is 4.81 Å². The van der Waals surface area contributed by atoms with Crippen LogP contribution in [-0.4, -0.2) is 11.4 Å². The molecule has 0 saturated heterocycles. The van der Waals surface area contributed by atoms with Gasteiger partial charge in [-0.05, 0) is 19.1 Å². The van der Waals surface area contributed by atoms with Crippen LogP contribution < -0.4 is 0 Å². The summed E-state index contributed by atoms with van der Waals surface area (Å²) in [6, 6.07) is 0.